The molecule has 0 aliphatic rings. The van der Waals surface area contributed by atoms with Crippen LogP contribution >= 0.6 is 11.6 Å². The second kappa shape index (κ2) is 11.1. The van der Waals surface area contributed by atoms with Crippen LogP contribution in [-0.4, -0.2) is 35.1 Å². The number of halogens is 2. The highest BCUT2D eigenvalue weighted by Crippen LogP contribution is 2.29. The van der Waals surface area contributed by atoms with Crippen LogP contribution in [0.25, 0.3) is 11.1 Å². The SMILES string of the molecule is COC(=O)Nc1ccc(-c2cc(C[C@H](NC(=O)OC(C)(C)C)c3cccc(F)c3)nnc2Cl)cc1. The van der Waals surface area contributed by atoms with Gasteiger partial charge in [-0.15, -0.1) is 5.10 Å². The van der Waals surface area contributed by atoms with Crippen LogP contribution in [0.15, 0.2) is 54.6 Å². The molecule has 1 aromatic heterocycles. The zero-order valence-corrected chi connectivity index (χ0v) is 20.5. The monoisotopic (exact) mass is 500 g/mol. The van der Waals surface area contributed by atoms with E-state index in [1.54, 1.807) is 63.2 Å². The number of benzene rings is 2. The molecule has 184 valence electrons. The number of hydrogen-bond donors (Lipinski definition) is 2. The summed E-state index contributed by atoms with van der Waals surface area (Å²) in [6.45, 7) is 5.27. The first-order chi connectivity index (χ1) is 16.5. The molecule has 0 saturated carbocycles. The Hall–Kier alpha value is -3.72. The number of aromatic nitrogens is 2. The highest BCUT2D eigenvalue weighted by atomic mass is 35.5. The molecule has 2 aromatic carbocycles. The Morgan fingerprint density at radius 1 is 1.06 bits per heavy atom. The second-order valence-corrected chi connectivity index (χ2v) is 9.05. The van der Waals surface area contributed by atoms with Crippen molar-refractivity contribution in [3.8, 4) is 11.1 Å². The lowest BCUT2D eigenvalue weighted by molar-refractivity contribution is 0.0503. The summed E-state index contributed by atoms with van der Waals surface area (Å²) >= 11 is 6.31. The quantitative estimate of drug-likeness (QED) is 0.435. The Morgan fingerprint density at radius 2 is 1.77 bits per heavy atom. The first-order valence-electron chi connectivity index (χ1n) is 10.8. The number of carbonyl (C=O) groups is 2. The lowest BCUT2D eigenvalue weighted by Gasteiger charge is -2.24. The summed E-state index contributed by atoms with van der Waals surface area (Å²) in [5, 5.41) is 13.8. The van der Waals surface area contributed by atoms with Crippen molar-refractivity contribution in [3.63, 3.8) is 0 Å². The van der Waals surface area contributed by atoms with E-state index in [9.17, 15) is 14.0 Å². The molecule has 1 heterocycles. The van der Waals surface area contributed by atoms with E-state index in [2.05, 4.69) is 25.6 Å². The topological polar surface area (TPSA) is 102 Å². The normalized spacial score (nSPS) is 11.9. The molecule has 2 N–H and O–H groups in total. The maximum atomic E-state index is 13.9. The van der Waals surface area contributed by atoms with Crippen molar-refractivity contribution in [1.82, 2.24) is 15.5 Å². The van der Waals surface area contributed by atoms with Crippen LogP contribution in [0.4, 0.5) is 19.7 Å². The molecule has 35 heavy (non-hydrogen) atoms. The van der Waals surface area contributed by atoms with Crippen LogP contribution < -0.4 is 10.6 Å². The van der Waals surface area contributed by atoms with Crippen molar-refractivity contribution < 1.29 is 23.5 Å². The van der Waals surface area contributed by atoms with E-state index in [0.717, 1.165) is 5.56 Å². The molecule has 0 bridgehead atoms. The van der Waals surface area contributed by atoms with Crippen molar-refractivity contribution in [3.05, 3.63) is 76.8 Å². The van der Waals surface area contributed by atoms with E-state index in [1.165, 1.54) is 19.2 Å². The zero-order valence-electron chi connectivity index (χ0n) is 19.8. The average Bonchev–Trinajstić information content (AvgIpc) is 2.79. The zero-order chi connectivity index (χ0) is 25.6. The lowest BCUT2D eigenvalue weighted by Crippen LogP contribution is -2.36. The van der Waals surface area contributed by atoms with Gasteiger partial charge in [-0.1, -0.05) is 35.9 Å². The highest BCUT2D eigenvalue weighted by molar-refractivity contribution is 6.32. The molecule has 0 fully saturated rings. The van der Waals surface area contributed by atoms with Crippen LogP contribution in [0.3, 0.4) is 0 Å². The van der Waals surface area contributed by atoms with Gasteiger partial charge in [-0.3, -0.25) is 5.32 Å². The number of alkyl carbamates (subject to hydrolysis) is 1. The molecule has 0 spiro atoms. The van der Waals surface area contributed by atoms with E-state index < -0.39 is 29.6 Å². The highest BCUT2D eigenvalue weighted by Gasteiger charge is 2.22. The fourth-order valence-corrected chi connectivity index (χ4v) is 3.46. The summed E-state index contributed by atoms with van der Waals surface area (Å²) in [5.41, 5.74) is 2.27. The third-order valence-corrected chi connectivity index (χ3v) is 5.06. The third kappa shape index (κ3) is 7.65. The minimum absolute atomic E-state index is 0.185. The number of nitrogens with zero attached hydrogens (tertiary/aromatic N) is 2. The van der Waals surface area contributed by atoms with Crippen LogP contribution in [0, 0.1) is 5.82 Å². The number of hydrogen-bond acceptors (Lipinski definition) is 6. The largest absolute Gasteiger partial charge is 0.453 e. The Labute approximate surface area is 207 Å². The summed E-state index contributed by atoms with van der Waals surface area (Å²) in [7, 11) is 1.28. The van der Waals surface area contributed by atoms with Crippen LogP contribution in [0.1, 0.15) is 38.1 Å². The molecule has 3 rings (SSSR count). The molecule has 0 aliphatic carbocycles. The summed E-state index contributed by atoms with van der Waals surface area (Å²) in [6, 6.07) is 14.0. The number of rotatable bonds is 6. The Bertz CT molecular complexity index is 1200. The van der Waals surface area contributed by atoms with Gasteiger partial charge in [0.05, 0.1) is 18.8 Å². The minimum Gasteiger partial charge on any atom is -0.453 e. The fourth-order valence-electron chi connectivity index (χ4n) is 3.26. The number of ether oxygens (including phenoxy) is 2. The first-order valence-corrected chi connectivity index (χ1v) is 11.1. The maximum absolute atomic E-state index is 13.9. The van der Waals surface area contributed by atoms with Crippen LogP contribution in [-0.2, 0) is 15.9 Å². The van der Waals surface area contributed by atoms with Crippen LogP contribution in [0.5, 0.6) is 0 Å². The molecular formula is C25H26ClFN4O4. The predicted molar refractivity (Wildman–Crippen MR) is 131 cm³/mol. The average molecular weight is 501 g/mol. The van der Waals surface area contributed by atoms with Gasteiger partial charge < -0.3 is 14.8 Å². The Morgan fingerprint density at radius 3 is 2.40 bits per heavy atom. The second-order valence-electron chi connectivity index (χ2n) is 8.69. The predicted octanol–water partition coefficient (Wildman–Crippen LogP) is 5.92. The number of nitrogens with one attached hydrogen (secondary N) is 2. The summed E-state index contributed by atoms with van der Waals surface area (Å²) in [5.74, 6) is -0.429. The molecule has 0 unspecified atom stereocenters. The van der Waals surface area contributed by atoms with Crippen molar-refractivity contribution in [2.75, 3.05) is 12.4 Å². The summed E-state index contributed by atoms with van der Waals surface area (Å²) in [6.07, 6.45) is -1.01. The van der Waals surface area contributed by atoms with Crippen molar-refractivity contribution in [2.45, 2.75) is 38.8 Å². The molecular weight excluding hydrogens is 475 g/mol. The van der Waals surface area contributed by atoms with Gasteiger partial charge in [-0.25, -0.2) is 14.0 Å². The number of anilines is 1. The van der Waals surface area contributed by atoms with Crippen molar-refractivity contribution >= 4 is 29.5 Å². The van der Waals surface area contributed by atoms with Gasteiger partial charge >= 0.3 is 12.2 Å². The molecule has 8 nitrogen and oxygen atoms in total. The van der Waals surface area contributed by atoms with Gasteiger partial charge in [-0.2, -0.15) is 5.10 Å². The van der Waals surface area contributed by atoms with E-state index in [1.807, 2.05) is 0 Å². The minimum atomic E-state index is -0.696. The van der Waals surface area contributed by atoms with E-state index in [-0.39, 0.29) is 11.6 Å². The van der Waals surface area contributed by atoms with Gasteiger partial charge in [0.25, 0.3) is 0 Å². The Balaban J connectivity index is 1.87. The molecule has 2 amide bonds. The lowest BCUT2D eigenvalue weighted by atomic mass is 10.00. The molecule has 3 aromatic rings. The number of carbonyl (C=O) groups excluding carboxylic acids is 2. The van der Waals surface area contributed by atoms with Crippen molar-refractivity contribution in [2.24, 2.45) is 0 Å². The van der Waals surface area contributed by atoms with Crippen molar-refractivity contribution in [1.29, 1.82) is 0 Å². The molecule has 0 radical (unpaired) electrons. The van der Waals surface area contributed by atoms with Gasteiger partial charge in [0.2, 0.25) is 0 Å². The van der Waals surface area contributed by atoms with E-state index >= 15 is 0 Å². The summed E-state index contributed by atoms with van der Waals surface area (Å²) in [4.78, 5) is 23.9. The van der Waals surface area contributed by atoms with Gasteiger partial charge in [0, 0.05) is 17.7 Å². The first kappa shape index (κ1) is 25.9. The maximum Gasteiger partial charge on any atom is 0.411 e. The molecule has 0 aliphatic heterocycles. The number of amides is 2. The molecule has 0 saturated heterocycles. The van der Waals surface area contributed by atoms with Gasteiger partial charge in [0.1, 0.15) is 11.4 Å². The fraction of sp³-hybridized carbons (Fsp3) is 0.280. The smallest absolute Gasteiger partial charge is 0.411 e. The molecule has 1 atom stereocenters. The van der Waals surface area contributed by atoms with E-state index in [4.69, 9.17) is 16.3 Å². The van der Waals surface area contributed by atoms with E-state index in [0.29, 0.717) is 22.5 Å². The molecule has 10 heteroatoms. The van der Waals surface area contributed by atoms with Gasteiger partial charge in [0.15, 0.2) is 5.15 Å². The third-order valence-electron chi connectivity index (χ3n) is 4.78. The van der Waals surface area contributed by atoms with Gasteiger partial charge in [-0.05, 0) is 62.2 Å². The Kier molecular flexibility index (Phi) is 8.24. The number of methoxy groups -OCH3 is 1. The standard InChI is InChI=1S/C25H26ClFN4O4/c1-25(2,3)35-24(33)29-21(16-6-5-7-17(27)12-16)14-19-13-20(22(26)31-30-19)15-8-10-18(11-9-15)28-23(32)34-4/h5-13,21H,14H2,1-4H3,(H,28,32)(H,29,33)/t21-/m0/s1. The van der Waals surface area contributed by atoms with Crippen LogP contribution in [0.2, 0.25) is 5.15 Å². The summed E-state index contributed by atoms with van der Waals surface area (Å²) < 4.78 is 23.9.